The van der Waals surface area contributed by atoms with Gasteiger partial charge in [0, 0.05) is 56.0 Å². The van der Waals surface area contributed by atoms with E-state index in [1.165, 1.54) is 62.7 Å². The Bertz CT molecular complexity index is 1430. The summed E-state index contributed by atoms with van der Waals surface area (Å²) in [5.74, 6) is 0.0828. The highest BCUT2D eigenvalue weighted by Crippen LogP contribution is 2.42. The lowest BCUT2D eigenvalue weighted by atomic mass is 9.75. The molecule has 2 N–H and O–H groups in total. The van der Waals surface area contributed by atoms with Gasteiger partial charge in [0.1, 0.15) is 0 Å². The average molecular weight is 659 g/mol. The largest absolute Gasteiger partial charge is 0.388 e. The van der Waals surface area contributed by atoms with E-state index in [4.69, 9.17) is 0 Å². The Hall–Kier alpha value is -3.94. The van der Waals surface area contributed by atoms with Gasteiger partial charge in [0.2, 0.25) is 6.41 Å². The van der Waals surface area contributed by atoms with Crippen LogP contribution in [0.4, 0.5) is 11.4 Å². The number of Topliss-reactive ketones (excluding diaryl/α,β-unsaturated/α-hetero) is 2. The number of nitrogens with zero attached hydrogens (tertiary/aromatic N) is 2. The van der Waals surface area contributed by atoms with E-state index >= 15 is 0 Å². The summed E-state index contributed by atoms with van der Waals surface area (Å²) in [7, 11) is 1.85. The van der Waals surface area contributed by atoms with E-state index in [1.807, 2.05) is 38.2 Å². The molecule has 48 heavy (non-hydrogen) atoms. The fourth-order valence-corrected chi connectivity index (χ4v) is 6.98. The summed E-state index contributed by atoms with van der Waals surface area (Å²) in [6.07, 6.45) is 14.8. The number of likely N-dealkylation sites (tertiary alicyclic amines) is 2. The summed E-state index contributed by atoms with van der Waals surface area (Å²) in [4.78, 5) is 49.2. The molecule has 2 aliphatic heterocycles. The second-order valence-electron chi connectivity index (χ2n) is 15.1. The van der Waals surface area contributed by atoms with Gasteiger partial charge in [0.05, 0.1) is 5.57 Å². The monoisotopic (exact) mass is 658 g/mol. The first-order valence-electron chi connectivity index (χ1n) is 17.5. The standard InChI is InChI=1S/C16H23NO2.C16H25NO.C8H10N2O/c1-12(19)15(11-18)13-8-14(10-16(2,3)9-13)17-6-4-5-7-17;1-12(13(2)18)14-9-15(11-16(3,4)10-14)17-7-5-6-8-17;1-9-7-2-4-8(5-3-7)10-6-11/h8,11H,4-7,9-10H2,1-3H3;9H,5-8,10-11H2,1-4H3;2-6,9H,1H3,(H,10,11)/b15-13+;14-12+;. The lowest BCUT2D eigenvalue weighted by molar-refractivity contribution is -0.116. The molecule has 1 amide bonds. The number of hydrogen-bond donors (Lipinski definition) is 2. The van der Waals surface area contributed by atoms with Crippen molar-refractivity contribution in [3.63, 3.8) is 0 Å². The summed E-state index contributed by atoms with van der Waals surface area (Å²) in [5.41, 5.74) is 8.43. The van der Waals surface area contributed by atoms with E-state index in [9.17, 15) is 19.2 Å². The summed E-state index contributed by atoms with van der Waals surface area (Å²) in [5, 5.41) is 5.53. The molecule has 0 bridgehead atoms. The topological polar surface area (TPSA) is 98.8 Å². The fourth-order valence-electron chi connectivity index (χ4n) is 6.98. The van der Waals surface area contributed by atoms with Crippen molar-refractivity contribution >= 4 is 35.6 Å². The van der Waals surface area contributed by atoms with E-state index < -0.39 is 0 Å². The highest BCUT2D eigenvalue weighted by Gasteiger charge is 2.31. The number of nitrogens with one attached hydrogen (secondary N) is 2. The van der Waals surface area contributed by atoms with Gasteiger partial charge in [-0.1, -0.05) is 27.7 Å². The van der Waals surface area contributed by atoms with Crippen LogP contribution in [0.5, 0.6) is 0 Å². The first-order chi connectivity index (χ1) is 22.7. The number of rotatable bonds is 8. The van der Waals surface area contributed by atoms with E-state index in [2.05, 4.69) is 60.3 Å². The van der Waals surface area contributed by atoms with Crippen molar-refractivity contribution in [2.24, 2.45) is 10.8 Å². The normalized spacial score (nSPS) is 21.7. The molecule has 4 aliphatic rings. The van der Waals surface area contributed by atoms with E-state index in [-0.39, 0.29) is 22.4 Å². The maximum absolute atomic E-state index is 11.6. The summed E-state index contributed by atoms with van der Waals surface area (Å²) < 4.78 is 0. The van der Waals surface area contributed by atoms with Crippen molar-refractivity contribution in [3.8, 4) is 0 Å². The maximum atomic E-state index is 11.6. The average Bonchev–Trinajstić information content (AvgIpc) is 3.76. The van der Waals surface area contributed by atoms with Crippen molar-refractivity contribution in [2.45, 2.75) is 99.8 Å². The number of allylic oxidation sites excluding steroid dienone is 8. The number of anilines is 2. The van der Waals surface area contributed by atoms with Crippen LogP contribution >= 0.6 is 0 Å². The smallest absolute Gasteiger partial charge is 0.211 e. The summed E-state index contributed by atoms with van der Waals surface area (Å²) >= 11 is 0. The first kappa shape index (κ1) is 38.5. The van der Waals surface area contributed by atoms with Gasteiger partial charge in [-0.25, -0.2) is 0 Å². The molecule has 8 nitrogen and oxygen atoms in total. The molecule has 0 radical (unpaired) electrons. The van der Waals surface area contributed by atoms with Gasteiger partial charge in [0.25, 0.3) is 0 Å². The van der Waals surface area contributed by atoms with E-state index in [0.29, 0.717) is 12.0 Å². The lowest BCUT2D eigenvalue weighted by Gasteiger charge is -2.36. The van der Waals surface area contributed by atoms with Crippen molar-refractivity contribution < 1.29 is 19.2 Å². The fraction of sp³-hybridized carbons (Fsp3) is 0.550. The molecule has 1 aromatic carbocycles. The SMILES string of the molecule is CC(=O)/C(C)=C1\C=C(N2CCCC2)CC(C)(C)C1.CC(=O)/C(C=O)=C1\C=C(N2CCCC2)CC(C)(C)C1.CNc1ccc(NC=O)cc1. The number of aldehydes is 1. The zero-order valence-electron chi connectivity index (χ0n) is 30.6. The molecule has 0 spiro atoms. The number of carbonyl (C=O) groups is 4. The Labute approximate surface area is 288 Å². The Kier molecular flexibility index (Phi) is 14.0. The van der Waals surface area contributed by atoms with E-state index in [1.54, 1.807) is 6.92 Å². The van der Waals surface area contributed by atoms with Crippen molar-refractivity contribution in [3.05, 3.63) is 70.1 Å². The van der Waals surface area contributed by atoms with Gasteiger partial charge < -0.3 is 20.4 Å². The number of hydrogen-bond acceptors (Lipinski definition) is 7. The minimum absolute atomic E-state index is 0.117. The molecule has 8 heteroatoms. The number of benzene rings is 1. The van der Waals surface area contributed by atoms with Crippen LogP contribution in [0.25, 0.3) is 0 Å². The summed E-state index contributed by atoms with van der Waals surface area (Å²) in [6.45, 7) is 18.7. The zero-order valence-corrected chi connectivity index (χ0v) is 30.6. The second kappa shape index (κ2) is 17.5. The van der Waals surface area contributed by atoms with Crippen molar-refractivity contribution in [1.29, 1.82) is 0 Å². The number of carbonyl (C=O) groups excluding carboxylic acids is 4. The third-order valence-corrected chi connectivity index (χ3v) is 9.62. The number of amides is 1. The molecular weight excluding hydrogens is 600 g/mol. The minimum atomic E-state index is -0.125. The number of ketones is 2. The minimum Gasteiger partial charge on any atom is -0.388 e. The highest BCUT2D eigenvalue weighted by atomic mass is 16.1. The van der Waals surface area contributed by atoms with Gasteiger partial charge in [0.15, 0.2) is 17.9 Å². The quantitative estimate of drug-likeness (QED) is 0.127. The third kappa shape index (κ3) is 11.3. The molecular formula is C40H58N4O4. The van der Waals surface area contributed by atoms with Crippen molar-refractivity contribution in [1.82, 2.24) is 9.80 Å². The third-order valence-electron chi connectivity index (χ3n) is 9.62. The van der Waals surface area contributed by atoms with Gasteiger partial charge in [-0.15, -0.1) is 0 Å². The predicted octanol–water partition coefficient (Wildman–Crippen LogP) is 7.86. The Morgan fingerprint density at radius 3 is 1.50 bits per heavy atom. The molecule has 2 heterocycles. The van der Waals surface area contributed by atoms with Crippen LogP contribution < -0.4 is 10.6 Å². The highest BCUT2D eigenvalue weighted by molar-refractivity contribution is 6.11. The Morgan fingerprint density at radius 2 is 1.10 bits per heavy atom. The van der Waals surface area contributed by atoms with Gasteiger partial charge in [-0.2, -0.15) is 0 Å². The van der Waals surface area contributed by atoms with Gasteiger partial charge >= 0.3 is 0 Å². The van der Waals surface area contributed by atoms with Gasteiger partial charge in [-0.05, 0) is 136 Å². The molecule has 2 aliphatic carbocycles. The molecule has 262 valence electrons. The van der Waals surface area contributed by atoms with Crippen LogP contribution in [0.1, 0.15) is 99.8 Å². The molecule has 0 saturated carbocycles. The molecule has 2 saturated heterocycles. The van der Waals surface area contributed by atoms with Crippen molar-refractivity contribution in [2.75, 3.05) is 43.9 Å². The molecule has 0 aromatic heterocycles. The van der Waals surface area contributed by atoms with Crippen LogP contribution in [0.3, 0.4) is 0 Å². The van der Waals surface area contributed by atoms with Crippen LogP contribution in [0.2, 0.25) is 0 Å². The zero-order chi connectivity index (χ0) is 35.5. The molecule has 1 aromatic rings. The molecule has 0 atom stereocenters. The van der Waals surface area contributed by atoms with Crippen LogP contribution in [0, 0.1) is 10.8 Å². The lowest BCUT2D eigenvalue weighted by Crippen LogP contribution is -2.28. The maximum Gasteiger partial charge on any atom is 0.211 e. The molecule has 0 unspecified atom stereocenters. The first-order valence-corrected chi connectivity index (χ1v) is 17.5. The second-order valence-corrected chi connectivity index (χ2v) is 15.1. The Morgan fingerprint density at radius 1 is 0.667 bits per heavy atom. The Balaban J connectivity index is 0.000000203. The van der Waals surface area contributed by atoms with Crippen LogP contribution in [-0.4, -0.2) is 67.3 Å². The molecule has 2 fully saturated rings. The molecule has 5 rings (SSSR count). The predicted molar refractivity (Wildman–Crippen MR) is 197 cm³/mol. The van der Waals surface area contributed by atoms with Gasteiger partial charge in [-0.3, -0.25) is 19.2 Å². The van der Waals surface area contributed by atoms with E-state index in [0.717, 1.165) is 67.6 Å². The van der Waals surface area contributed by atoms with Crippen LogP contribution in [-0.2, 0) is 19.2 Å². The van der Waals surface area contributed by atoms with Crippen LogP contribution in [0.15, 0.2) is 70.1 Å². The summed E-state index contributed by atoms with van der Waals surface area (Å²) in [6, 6.07) is 7.46.